The van der Waals surface area contributed by atoms with Gasteiger partial charge in [0.25, 0.3) is 0 Å². The van der Waals surface area contributed by atoms with Crippen molar-refractivity contribution in [2.75, 3.05) is 6.61 Å². The number of ether oxygens (including phenoxy) is 1. The number of hydrogen-bond donors (Lipinski definition) is 1. The second-order valence-electron chi connectivity index (χ2n) is 6.56. The first-order chi connectivity index (χ1) is 12.7. The molecule has 0 aliphatic rings. The largest absolute Gasteiger partial charge is 0.361 e. The molecule has 26 heavy (non-hydrogen) atoms. The smallest absolute Gasteiger partial charge is 0.197 e. The highest BCUT2D eigenvalue weighted by molar-refractivity contribution is 5.87. The third kappa shape index (κ3) is 2.98. The molecule has 0 bridgehead atoms. The summed E-state index contributed by atoms with van der Waals surface area (Å²) in [6.45, 7) is 2.35. The molecule has 4 aromatic carbocycles. The molecule has 1 atom stereocenters. The van der Waals surface area contributed by atoms with Gasteiger partial charge in [-0.05, 0) is 34.0 Å². The normalized spacial score (nSPS) is 13.8. The molecule has 0 spiro atoms. The van der Waals surface area contributed by atoms with Gasteiger partial charge in [-0.1, -0.05) is 84.9 Å². The molecule has 0 aliphatic carbocycles. The van der Waals surface area contributed by atoms with Crippen molar-refractivity contribution >= 4 is 21.5 Å². The molecule has 0 saturated heterocycles. The third-order valence-corrected chi connectivity index (χ3v) is 4.90. The standard InChI is InChI=1S/C24H22O2/c1-2-26-24(25,23-16-8-12-19-10-4-6-15-22(19)23)17-20-13-7-11-18-9-3-5-14-21(18)20/h3-16,25H,2,17H2,1H3. The van der Waals surface area contributed by atoms with Crippen molar-refractivity contribution in [1.82, 2.24) is 0 Å². The fourth-order valence-corrected chi connectivity index (χ4v) is 3.73. The zero-order valence-electron chi connectivity index (χ0n) is 14.9. The SMILES string of the molecule is CCOC(O)(Cc1cccc2ccccc12)c1cccc2ccccc12. The number of hydrogen-bond acceptors (Lipinski definition) is 2. The highest BCUT2D eigenvalue weighted by Crippen LogP contribution is 2.34. The Hall–Kier alpha value is -2.68. The number of fused-ring (bicyclic) bond motifs is 2. The summed E-state index contributed by atoms with van der Waals surface area (Å²) in [5, 5.41) is 16.0. The van der Waals surface area contributed by atoms with E-state index in [0.717, 1.165) is 27.3 Å². The summed E-state index contributed by atoms with van der Waals surface area (Å²) in [6, 6.07) is 28.6. The van der Waals surface area contributed by atoms with Crippen molar-refractivity contribution < 1.29 is 9.84 Å². The molecule has 1 unspecified atom stereocenters. The lowest BCUT2D eigenvalue weighted by Crippen LogP contribution is -2.32. The van der Waals surface area contributed by atoms with Crippen LogP contribution in [0, 0.1) is 0 Å². The van der Waals surface area contributed by atoms with Gasteiger partial charge in [-0.25, -0.2) is 0 Å². The van der Waals surface area contributed by atoms with E-state index in [0.29, 0.717) is 13.0 Å². The van der Waals surface area contributed by atoms with Crippen molar-refractivity contribution in [3.8, 4) is 0 Å². The Kier molecular flexibility index (Phi) is 4.46. The molecule has 0 radical (unpaired) electrons. The van der Waals surface area contributed by atoms with E-state index in [2.05, 4.69) is 36.4 Å². The molecule has 0 heterocycles. The van der Waals surface area contributed by atoms with Crippen LogP contribution in [0.1, 0.15) is 18.1 Å². The van der Waals surface area contributed by atoms with Crippen LogP contribution in [0.4, 0.5) is 0 Å². The summed E-state index contributed by atoms with van der Waals surface area (Å²) in [4.78, 5) is 0. The maximum atomic E-state index is 11.6. The van der Waals surface area contributed by atoms with Crippen molar-refractivity contribution in [3.05, 3.63) is 96.1 Å². The van der Waals surface area contributed by atoms with Gasteiger partial charge in [-0.15, -0.1) is 0 Å². The minimum atomic E-state index is -1.38. The summed E-state index contributed by atoms with van der Waals surface area (Å²) >= 11 is 0. The summed E-state index contributed by atoms with van der Waals surface area (Å²) < 4.78 is 5.93. The van der Waals surface area contributed by atoms with Gasteiger partial charge in [0.15, 0.2) is 5.79 Å². The van der Waals surface area contributed by atoms with E-state index in [1.165, 1.54) is 5.39 Å². The van der Waals surface area contributed by atoms with E-state index in [1.807, 2.05) is 55.5 Å². The van der Waals surface area contributed by atoms with Crippen LogP contribution >= 0.6 is 0 Å². The topological polar surface area (TPSA) is 29.5 Å². The van der Waals surface area contributed by atoms with E-state index in [-0.39, 0.29) is 0 Å². The molecule has 4 rings (SSSR count). The summed E-state index contributed by atoms with van der Waals surface area (Å²) in [6.07, 6.45) is 0.399. The average Bonchev–Trinajstić information content (AvgIpc) is 2.68. The van der Waals surface area contributed by atoms with Crippen LogP contribution in [0.3, 0.4) is 0 Å². The van der Waals surface area contributed by atoms with Crippen LogP contribution in [-0.4, -0.2) is 11.7 Å². The highest BCUT2D eigenvalue weighted by atomic mass is 16.6. The molecule has 0 amide bonds. The monoisotopic (exact) mass is 342 g/mol. The van der Waals surface area contributed by atoms with Crippen molar-refractivity contribution in [3.63, 3.8) is 0 Å². The molecule has 130 valence electrons. The van der Waals surface area contributed by atoms with Gasteiger partial charge in [-0.3, -0.25) is 0 Å². The van der Waals surface area contributed by atoms with Gasteiger partial charge >= 0.3 is 0 Å². The fraction of sp³-hybridized carbons (Fsp3) is 0.167. The summed E-state index contributed by atoms with van der Waals surface area (Å²) in [7, 11) is 0. The van der Waals surface area contributed by atoms with E-state index < -0.39 is 5.79 Å². The van der Waals surface area contributed by atoms with E-state index >= 15 is 0 Å². The summed E-state index contributed by atoms with van der Waals surface area (Å²) in [5.74, 6) is -1.38. The van der Waals surface area contributed by atoms with Crippen LogP contribution in [-0.2, 0) is 16.9 Å². The molecular formula is C24H22O2. The van der Waals surface area contributed by atoms with Crippen LogP contribution in [0.2, 0.25) is 0 Å². The van der Waals surface area contributed by atoms with Gasteiger partial charge in [0.05, 0.1) is 0 Å². The third-order valence-electron chi connectivity index (χ3n) is 4.90. The molecule has 4 aromatic rings. The molecule has 0 aliphatic heterocycles. The molecular weight excluding hydrogens is 320 g/mol. The van der Waals surface area contributed by atoms with E-state index in [4.69, 9.17) is 4.74 Å². The number of benzene rings is 4. The first-order valence-corrected chi connectivity index (χ1v) is 9.02. The maximum Gasteiger partial charge on any atom is 0.197 e. The lowest BCUT2D eigenvalue weighted by Gasteiger charge is -2.30. The zero-order valence-corrected chi connectivity index (χ0v) is 14.9. The molecule has 0 aromatic heterocycles. The lowest BCUT2D eigenvalue weighted by atomic mass is 9.91. The van der Waals surface area contributed by atoms with Gasteiger partial charge in [0.1, 0.15) is 0 Å². The fourth-order valence-electron chi connectivity index (χ4n) is 3.73. The van der Waals surface area contributed by atoms with Crippen molar-refractivity contribution in [2.45, 2.75) is 19.1 Å². The second kappa shape index (κ2) is 6.91. The first-order valence-electron chi connectivity index (χ1n) is 9.02. The average molecular weight is 342 g/mol. The molecule has 2 heteroatoms. The molecule has 0 fully saturated rings. The predicted octanol–water partition coefficient (Wildman–Crippen LogP) is 5.42. The van der Waals surface area contributed by atoms with Gasteiger partial charge in [0.2, 0.25) is 0 Å². The Morgan fingerprint density at radius 1 is 0.731 bits per heavy atom. The second-order valence-corrected chi connectivity index (χ2v) is 6.56. The molecule has 0 saturated carbocycles. The van der Waals surface area contributed by atoms with Gasteiger partial charge in [0, 0.05) is 18.6 Å². The maximum absolute atomic E-state index is 11.6. The Bertz CT molecular complexity index is 1040. The highest BCUT2D eigenvalue weighted by Gasteiger charge is 2.32. The van der Waals surface area contributed by atoms with Gasteiger partial charge in [-0.2, -0.15) is 0 Å². The van der Waals surface area contributed by atoms with E-state index in [9.17, 15) is 5.11 Å². The van der Waals surface area contributed by atoms with Crippen molar-refractivity contribution in [2.24, 2.45) is 0 Å². The van der Waals surface area contributed by atoms with Crippen LogP contribution < -0.4 is 0 Å². The molecule has 2 nitrogen and oxygen atoms in total. The minimum Gasteiger partial charge on any atom is -0.361 e. The van der Waals surface area contributed by atoms with Crippen molar-refractivity contribution in [1.29, 1.82) is 0 Å². The van der Waals surface area contributed by atoms with Crippen LogP contribution in [0.5, 0.6) is 0 Å². The minimum absolute atomic E-state index is 0.399. The predicted molar refractivity (Wildman–Crippen MR) is 107 cm³/mol. The number of rotatable bonds is 5. The van der Waals surface area contributed by atoms with E-state index in [1.54, 1.807) is 0 Å². The Balaban J connectivity index is 1.86. The quantitative estimate of drug-likeness (QED) is 0.491. The Morgan fingerprint density at radius 2 is 1.31 bits per heavy atom. The van der Waals surface area contributed by atoms with Gasteiger partial charge < -0.3 is 9.84 Å². The first kappa shape index (κ1) is 16.8. The number of aliphatic hydroxyl groups is 1. The molecule has 1 N–H and O–H groups in total. The Morgan fingerprint density at radius 3 is 2.04 bits per heavy atom. The lowest BCUT2D eigenvalue weighted by molar-refractivity contribution is -0.207. The zero-order chi connectivity index (χ0) is 18.0. The van der Waals surface area contributed by atoms with Crippen LogP contribution in [0.25, 0.3) is 21.5 Å². The summed E-state index contributed by atoms with van der Waals surface area (Å²) in [5.41, 5.74) is 1.89. The van der Waals surface area contributed by atoms with Crippen LogP contribution in [0.15, 0.2) is 84.9 Å². The Labute approximate surface area is 153 Å².